The number of nitrogens with zero attached hydrogens (tertiary/aromatic N) is 1. The van der Waals surface area contributed by atoms with E-state index in [0.717, 1.165) is 19.0 Å². The lowest BCUT2D eigenvalue weighted by atomic mass is 9.97. The van der Waals surface area contributed by atoms with Gasteiger partial charge in [-0.25, -0.2) is 0 Å². The quantitative estimate of drug-likeness (QED) is 0.819. The molecular weight excluding hydrogens is 256 g/mol. The number of hydrogen-bond donors (Lipinski definition) is 1. The average Bonchev–Trinajstić information content (AvgIpc) is 2.50. The van der Waals surface area contributed by atoms with Crippen molar-refractivity contribution in [3.05, 3.63) is 35.9 Å². The number of nitrogens with one attached hydrogen (secondary N) is 1. The summed E-state index contributed by atoms with van der Waals surface area (Å²) in [4.78, 5) is 2.77. The molecule has 1 saturated heterocycles. The van der Waals surface area contributed by atoms with Gasteiger partial charge in [-0.15, -0.1) is 0 Å². The van der Waals surface area contributed by atoms with E-state index in [1.54, 1.807) is 0 Å². The molecule has 2 rings (SSSR count). The third-order valence-corrected chi connectivity index (χ3v) is 4.76. The summed E-state index contributed by atoms with van der Waals surface area (Å²) in [6, 6.07) is 12.9. The Bertz CT molecular complexity index is 390. The SMILES string of the molecule is CCCC(C)N1CC(Cc2ccccc2)NCC1CCC. The van der Waals surface area contributed by atoms with Gasteiger partial charge in [-0.05, 0) is 31.7 Å². The summed E-state index contributed by atoms with van der Waals surface area (Å²) in [6.45, 7) is 9.37. The van der Waals surface area contributed by atoms with Gasteiger partial charge in [-0.1, -0.05) is 57.0 Å². The van der Waals surface area contributed by atoms with Gasteiger partial charge in [0.25, 0.3) is 0 Å². The molecule has 1 heterocycles. The van der Waals surface area contributed by atoms with E-state index in [-0.39, 0.29) is 0 Å². The first kappa shape index (κ1) is 16.5. The van der Waals surface area contributed by atoms with Crippen molar-refractivity contribution in [2.75, 3.05) is 13.1 Å². The first-order valence-electron chi connectivity index (χ1n) is 8.77. The predicted octanol–water partition coefficient (Wildman–Crippen LogP) is 3.86. The molecule has 1 aromatic carbocycles. The minimum absolute atomic E-state index is 0.597. The van der Waals surface area contributed by atoms with E-state index in [1.807, 2.05) is 0 Å². The van der Waals surface area contributed by atoms with Gasteiger partial charge in [0.15, 0.2) is 0 Å². The van der Waals surface area contributed by atoms with Crippen molar-refractivity contribution < 1.29 is 0 Å². The highest BCUT2D eigenvalue weighted by atomic mass is 15.2. The van der Waals surface area contributed by atoms with Crippen LogP contribution in [0.4, 0.5) is 0 Å². The summed E-state index contributed by atoms with van der Waals surface area (Å²) in [6.07, 6.45) is 6.35. The Balaban J connectivity index is 1.97. The zero-order chi connectivity index (χ0) is 15.1. The molecule has 0 spiro atoms. The summed E-state index contributed by atoms with van der Waals surface area (Å²) in [5, 5.41) is 3.79. The Hall–Kier alpha value is -0.860. The van der Waals surface area contributed by atoms with Crippen LogP contribution in [-0.4, -0.2) is 36.1 Å². The van der Waals surface area contributed by atoms with Gasteiger partial charge in [0.1, 0.15) is 0 Å². The van der Waals surface area contributed by atoms with Crippen LogP contribution >= 0.6 is 0 Å². The molecule has 2 heteroatoms. The summed E-state index contributed by atoms with van der Waals surface area (Å²) in [7, 11) is 0. The maximum absolute atomic E-state index is 3.79. The lowest BCUT2D eigenvalue weighted by Gasteiger charge is -2.44. The van der Waals surface area contributed by atoms with Gasteiger partial charge < -0.3 is 5.32 Å². The van der Waals surface area contributed by atoms with E-state index in [4.69, 9.17) is 0 Å². The minimum Gasteiger partial charge on any atom is -0.311 e. The van der Waals surface area contributed by atoms with Crippen molar-refractivity contribution in [1.82, 2.24) is 10.2 Å². The second-order valence-electron chi connectivity index (χ2n) is 6.57. The third-order valence-electron chi connectivity index (χ3n) is 4.76. The molecule has 0 bridgehead atoms. The smallest absolute Gasteiger partial charge is 0.0236 e. The van der Waals surface area contributed by atoms with Crippen LogP contribution < -0.4 is 5.32 Å². The van der Waals surface area contributed by atoms with Gasteiger partial charge in [-0.2, -0.15) is 0 Å². The van der Waals surface area contributed by atoms with Crippen molar-refractivity contribution in [2.24, 2.45) is 0 Å². The van der Waals surface area contributed by atoms with E-state index >= 15 is 0 Å². The van der Waals surface area contributed by atoms with E-state index in [1.165, 1.54) is 37.8 Å². The minimum atomic E-state index is 0.597. The first-order chi connectivity index (χ1) is 10.2. The largest absolute Gasteiger partial charge is 0.311 e. The van der Waals surface area contributed by atoms with Crippen molar-refractivity contribution >= 4 is 0 Å². The van der Waals surface area contributed by atoms with Crippen LogP contribution in [0.25, 0.3) is 0 Å². The molecular formula is C19H32N2. The molecule has 0 aliphatic carbocycles. The second kappa shape index (κ2) is 8.55. The Morgan fingerprint density at radius 1 is 1.19 bits per heavy atom. The van der Waals surface area contributed by atoms with E-state index < -0.39 is 0 Å². The number of piperazine rings is 1. The molecule has 118 valence electrons. The summed E-state index contributed by atoms with van der Waals surface area (Å²) in [5.74, 6) is 0. The van der Waals surface area contributed by atoms with Gasteiger partial charge in [0.2, 0.25) is 0 Å². The summed E-state index contributed by atoms with van der Waals surface area (Å²) < 4.78 is 0. The number of rotatable bonds is 7. The zero-order valence-corrected chi connectivity index (χ0v) is 14.0. The molecule has 1 fully saturated rings. The van der Waals surface area contributed by atoms with Crippen molar-refractivity contribution in [3.8, 4) is 0 Å². The van der Waals surface area contributed by atoms with Gasteiger partial charge in [0, 0.05) is 31.2 Å². The molecule has 1 aromatic rings. The fourth-order valence-electron chi connectivity index (χ4n) is 3.65. The lowest BCUT2D eigenvalue weighted by Crippen LogP contribution is -2.59. The molecule has 0 amide bonds. The first-order valence-corrected chi connectivity index (χ1v) is 8.77. The van der Waals surface area contributed by atoms with Crippen LogP contribution in [0.1, 0.15) is 52.0 Å². The zero-order valence-electron chi connectivity index (χ0n) is 14.0. The van der Waals surface area contributed by atoms with Crippen molar-refractivity contribution in [2.45, 2.75) is 71.0 Å². The molecule has 1 N–H and O–H groups in total. The number of hydrogen-bond acceptors (Lipinski definition) is 2. The predicted molar refractivity (Wildman–Crippen MR) is 91.7 cm³/mol. The standard InChI is InChI=1S/C19H32N2/c1-4-9-16(3)21-15-18(20-14-19(21)10-5-2)13-17-11-7-6-8-12-17/h6-8,11-12,16,18-20H,4-5,9-10,13-15H2,1-3H3. The maximum atomic E-state index is 3.79. The van der Waals surface area contributed by atoms with Gasteiger partial charge in [-0.3, -0.25) is 4.90 Å². The van der Waals surface area contributed by atoms with Crippen LogP contribution in [0.5, 0.6) is 0 Å². The number of benzene rings is 1. The molecule has 1 aliphatic rings. The molecule has 3 atom stereocenters. The van der Waals surface area contributed by atoms with Crippen LogP contribution in [0.3, 0.4) is 0 Å². The Morgan fingerprint density at radius 2 is 1.95 bits per heavy atom. The molecule has 0 radical (unpaired) electrons. The maximum Gasteiger partial charge on any atom is 0.0236 e. The topological polar surface area (TPSA) is 15.3 Å². The fourth-order valence-corrected chi connectivity index (χ4v) is 3.65. The molecule has 1 aliphatic heterocycles. The Kier molecular flexibility index (Phi) is 6.72. The van der Waals surface area contributed by atoms with Crippen molar-refractivity contribution in [3.63, 3.8) is 0 Å². The van der Waals surface area contributed by atoms with Crippen LogP contribution in [0.15, 0.2) is 30.3 Å². The van der Waals surface area contributed by atoms with Crippen LogP contribution in [-0.2, 0) is 6.42 Å². The monoisotopic (exact) mass is 288 g/mol. The Labute approximate surface area is 130 Å². The van der Waals surface area contributed by atoms with E-state index in [2.05, 4.69) is 61.3 Å². The van der Waals surface area contributed by atoms with E-state index in [0.29, 0.717) is 12.1 Å². The van der Waals surface area contributed by atoms with E-state index in [9.17, 15) is 0 Å². The molecule has 3 unspecified atom stereocenters. The summed E-state index contributed by atoms with van der Waals surface area (Å²) in [5.41, 5.74) is 1.45. The summed E-state index contributed by atoms with van der Waals surface area (Å²) >= 11 is 0. The molecule has 2 nitrogen and oxygen atoms in total. The molecule has 0 aromatic heterocycles. The average molecular weight is 288 g/mol. The second-order valence-corrected chi connectivity index (χ2v) is 6.57. The van der Waals surface area contributed by atoms with Gasteiger partial charge >= 0.3 is 0 Å². The molecule has 0 saturated carbocycles. The van der Waals surface area contributed by atoms with Crippen LogP contribution in [0, 0.1) is 0 Å². The fraction of sp³-hybridized carbons (Fsp3) is 0.684. The third kappa shape index (κ3) is 4.82. The normalized spacial score (nSPS) is 24.9. The van der Waals surface area contributed by atoms with Crippen LogP contribution in [0.2, 0.25) is 0 Å². The Morgan fingerprint density at radius 3 is 2.62 bits per heavy atom. The van der Waals surface area contributed by atoms with Crippen molar-refractivity contribution in [1.29, 1.82) is 0 Å². The lowest BCUT2D eigenvalue weighted by molar-refractivity contribution is 0.0786. The highest BCUT2D eigenvalue weighted by Crippen LogP contribution is 2.20. The molecule has 21 heavy (non-hydrogen) atoms. The highest BCUT2D eigenvalue weighted by Gasteiger charge is 2.29. The highest BCUT2D eigenvalue weighted by molar-refractivity contribution is 5.16. The van der Waals surface area contributed by atoms with Gasteiger partial charge in [0.05, 0.1) is 0 Å².